The van der Waals surface area contributed by atoms with Crippen molar-refractivity contribution in [2.75, 3.05) is 0 Å². The molecule has 0 aromatic heterocycles. The minimum atomic E-state index is -0.826. The van der Waals surface area contributed by atoms with E-state index in [1.165, 1.54) is 49.7 Å². The molecule has 0 heterocycles. The van der Waals surface area contributed by atoms with Crippen LogP contribution in [0, 0.1) is 0 Å². The van der Waals surface area contributed by atoms with Crippen LogP contribution in [0.15, 0.2) is 109 Å². The molecule has 0 N–H and O–H groups in total. The first-order valence-corrected chi connectivity index (χ1v) is 17.0. The number of fused-ring (bicyclic) bond motifs is 1. The van der Waals surface area contributed by atoms with Crippen molar-refractivity contribution >= 4 is 27.8 Å². The molecule has 0 radical (unpaired) electrons. The molecule has 0 aliphatic rings. The van der Waals surface area contributed by atoms with Crippen molar-refractivity contribution in [2.24, 2.45) is 0 Å². The summed E-state index contributed by atoms with van der Waals surface area (Å²) >= 11 is -0.826. The summed E-state index contributed by atoms with van der Waals surface area (Å²) in [6.45, 7) is 2.24. The van der Waals surface area contributed by atoms with E-state index in [-0.39, 0.29) is 0 Å². The van der Waals surface area contributed by atoms with Gasteiger partial charge < -0.3 is 0 Å². The molecule has 32 heavy (non-hydrogen) atoms. The summed E-state index contributed by atoms with van der Waals surface area (Å²) in [4.78, 5) is 0. The van der Waals surface area contributed by atoms with Gasteiger partial charge in [-0.15, -0.1) is 34.5 Å². The SMILES string of the molecule is CCc1ccccc1-c1c(-c2ccccc2)ccc2[cH-]c(-c3ccccc3)cc12.[Cl][Zr][Cl]. The van der Waals surface area contributed by atoms with E-state index in [4.69, 9.17) is 17.0 Å². The number of benzene rings is 4. The molecule has 158 valence electrons. The summed E-state index contributed by atoms with van der Waals surface area (Å²) in [6, 6.07) is 39.5. The van der Waals surface area contributed by atoms with E-state index >= 15 is 0 Å². The molecule has 3 heteroatoms. The summed E-state index contributed by atoms with van der Waals surface area (Å²) in [5.74, 6) is 0. The van der Waals surface area contributed by atoms with Gasteiger partial charge in [-0.05, 0) is 34.2 Å². The molecule has 0 amide bonds. The fraction of sp³-hybridized carbons (Fsp3) is 0.0690. The average Bonchev–Trinajstić information content (AvgIpc) is 3.29. The number of hydrogen-bond acceptors (Lipinski definition) is 0. The fourth-order valence-electron chi connectivity index (χ4n) is 4.30. The van der Waals surface area contributed by atoms with E-state index in [1.807, 2.05) is 0 Å². The van der Waals surface area contributed by atoms with Gasteiger partial charge in [0.1, 0.15) is 0 Å². The Labute approximate surface area is 208 Å². The van der Waals surface area contributed by atoms with Crippen molar-refractivity contribution in [1.29, 1.82) is 0 Å². The van der Waals surface area contributed by atoms with Gasteiger partial charge in [-0.25, -0.2) is 0 Å². The van der Waals surface area contributed by atoms with E-state index in [1.54, 1.807) is 0 Å². The summed E-state index contributed by atoms with van der Waals surface area (Å²) in [6.07, 6.45) is 1.02. The van der Waals surface area contributed by atoms with Gasteiger partial charge in [-0.3, -0.25) is 0 Å². The molecule has 0 saturated heterocycles. The first-order chi connectivity index (χ1) is 15.8. The molecule has 5 rings (SSSR count). The van der Waals surface area contributed by atoms with Gasteiger partial charge in [0.15, 0.2) is 0 Å². The van der Waals surface area contributed by atoms with Gasteiger partial charge in [0, 0.05) is 0 Å². The molecular weight excluding hydrogens is 510 g/mol. The monoisotopic (exact) mass is 531 g/mol. The molecule has 0 unspecified atom stereocenters. The van der Waals surface area contributed by atoms with Gasteiger partial charge in [0.2, 0.25) is 0 Å². The summed E-state index contributed by atoms with van der Waals surface area (Å²) in [5, 5.41) is 2.62. The molecule has 0 aliphatic heterocycles. The first kappa shape index (κ1) is 23.1. The number of hydrogen-bond donors (Lipinski definition) is 0. The quantitative estimate of drug-likeness (QED) is 0.202. The molecule has 0 fully saturated rings. The summed E-state index contributed by atoms with van der Waals surface area (Å²) in [5.41, 5.74) is 9.17. The van der Waals surface area contributed by atoms with Crippen LogP contribution in [-0.4, -0.2) is 0 Å². The Morgan fingerprint density at radius 2 is 1.28 bits per heavy atom. The van der Waals surface area contributed by atoms with Crippen LogP contribution in [0.1, 0.15) is 12.5 Å². The molecular formula is C29H23Cl2Zr-. The predicted octanol–water partition coefficient (Wildman–Crippen LogP) is 9.50. The van der Waals surface area contributed by atoms with Gasteiger partial charge >= 0.3 is 37.9 Å². The van der Waals surface area contributed by atoms with Crippen molar-refractivity contribution in [3.63, 3.8) is 0 Å². The van der Waals surface area contributed by atoms with Gasteiger partial charge in [-0.1, -0.05) is 103 Å². The standard InChI is InChI=1S/C29H23.2ClH.Zr/c1-2-21-11-9-10-16-26(21)29-27(23-14-7-4-8-15-23)18-17-24-19-25(20-28(24)29)22-12-5-3-6-13-22;;;/h3-20H,2H2,1H3;2*1H;/q-1;;;+2/p-2. The third-order valence-corrected chi connectivity index (χ3v) is 5.75. The van der Waals surface area contributed by atoms with Crippen molar-refractivity contribution in [3.05, 3.63) is 115 Å². The Morgan fingerprint density at radius 1 is 0.688 bits per heavy atom. The van der Waals surface area contributed by atoms with Crippen LogP contribution in [-0.2, 0) is 27.3 Å². The molecule has 0 bridgehead atoms. The molecule has 0 spiro atoms. The van der Waals surface area contributed by atoms with Crippen LogP contribution in [0.4, 0.5) is 0 Å². The van der Waals surface area contributed by atoms with Crippen molar-refractivity contribution in [2.45, 2.75) is 13.3 Å². The second-order valence-corrected chi connectivity index (χ2v) is 11.3. The van der Waals surface area contributed by atoms with Crippen LogP contribution in [0.5, 0.6) is 0 Å². The van der Waals surface area contributed by atoms with Gasteiger partial charge in [0.05, 0.1) is 0 Å². The van der Waals surface area contributed by atoms with E-state index in [0.717, 1.165) is 6.42 Å². The maximum absolute atomic E-state index is 4.93. The number of halogens is 2. The molecule has 0 atom stereocenters. The Morgan fingerprint density at radius 3 is 1.94 bits per heavy atom. The second-order valence-electron chi connectivity index (χ2n) is 7.55. The molecule has 0 nitrogen and oxygen atoms in total. The van der Waals surface area contributed by atoms with E-state index in [2.05, 4.69) is 116 Å². The topological polar surface area (TPSA) is 0 Å². The van der Waals surface area contributed by atoms with Crippen molar-refractivity contribution < 1.29 is 20.8 Å². The Bertz CT molecular complexity index is 1290. The Kier molecular flexibility index (Phi) is 8.09. The molecule has 5 aromatic rings. The van der Waals surface area contributed by atoms with E-state index in [0.29, 0.717) is 0 Å². The summed E-state index contributed by atoms with van der Waals surface area (Å²) < 4.78 is 0. The minimum absolute atomic E-state index is 0.826. The maximum atomic E-state index is 4.93. The predicted molar refractivity (Wildman–Crippen MR) is 137 cm³/mol. The molecule has 0 saturated carbocycles. The van der Waals surface area contributed by atoms with Crippen LogP contribution in [0.3, 0.4) is 0 Å². The van der Waals surface area contributed by atoms with Gasteiger partial charge in [-0.2, -0.15) is 0 Å². The zero-order chi connectivity index (χ0) is 22.3. The number of aryl methyl sites for hydroxylation is 1. The van der Waals surface area contributed by atoms with Crippen LogP contribution in [0.25, 0.3) is 44.2 Å². The zero-order valence-electron chi connectivity index (χ0n) is 17.9. The van der Waals surface area contributed by atoms with Crippen LogP contribution in [0.2, 0.25) is 0 Å². The van der Waals surface area contributed by atoms with E-state index in [9.17, 15) is 0 Å². The van der Waals surface area contributed by atoms with E-state index < -0.39 is 20.8 Å². The Hall–Kier alpha value is -2.05. The average molecular weight is 534 g/mol. The van der Waals surface area contributed by atoms with Gasteiger partial charge in [0.25, 0.3) is 0 Å². The molecule has 5 aromatic carbocycles. The fourth-order valence-corrected chi connectivity index (χ4v) is 4.30. The van der Waals surface area contributed by atoms with Crippen molar-refractivity contribution in [1.82, 2.24) is 0 Å². The summed E-state index contributed by atoms with van der Waals surface area (Å²) in [7, 11) is 9.87. The van der Waals surface area contributed by atoms with Crippen molar-refractivity contribution in [3.8, 4) is 33.4 Å². The van der Waals surface area contributed by atoms with Crippen LogP contribution < -0.4 is 0 Å². The zero-order valence-corrected chi connectivity index (χ0v) is 21.8. The number of rotatable bonds is 4. The first-order valence-electron chi connectivity index (χ1n) is 10.7. The normalized spacial score (nSPS) is 10.5. The van der Waals surface area contributed by atoms with Crippen LogP contribution >= 0.6 is 17.0 Å². The molecule has 0 aliphatic carbocycles. The third kappa shape index (κ3) is 4.97. The Balaban J connectivity index is 0.000000775. The third-order valence-electron chi connectivity index (χ3n) is 5.75. The second kappa shape index (κ2) is 11.2.